The van der Waals surface area contributed by atoms with Crippen LogP contribution in [0.25, 0.3) is 0 Å². The van der Waals surface area contributed by atoms with Crippen LogP contribution in [0.5, 0.6) is 0 Å². The largest absolute Gasteiger partial charge is 0.374 e. The zero-order valence-corrected chi connectivity index (χ0v) is 13.0. The SMILES string of the molecule is CCC1CCCC(OC(C)CNCc2cccs2)C1. The Morgan fingerprint density at radius 2 is 2.37 bits per heavy atom. The first kappa shape index (κ1) is 15.0. The molecule has 0 aromatic carbocycles. The highest BCUT2D eigenvalue weighted by molar-refractivity contribution is 7.09. The molecule has 0 aliphatic heterocycles. The lowest BCUT2D eigenvalue weighted by Gasteiger charge is -2.30. The molecule has 1 heterocycles. The summed E-state index contributed by atoms with van der Waals surface area (Å²) in [6.07, 6.45) is 7.40. The smallest absolute Gasteiger partial charge is 0.0675 e. The van der Waals surface area contributed by atoms with Gasteiger partial charge in [-0.15, -0.1) is 11.3 Å². The van der Waals surface area contributed by atoms with E-state index in [-0.39, 0.29) is 0 Å². The predicted molar refractivity (Wildman–Crippen MR) is 82.6 cm³/mol. The van der Waals surface area contributed by atoms with Crippen molar-refractivity contribution < 1.29 is 4.74 Å². The lowest BCUT2D eigenvalue weighted by molar-refractivity contribution is -0.0315. The zero-order chi connectivity index (χ0) is 13.5. The van der Waals surface area contributed by atoms with Crippen LogP contribution in [0, 0.1) is 5.92 Å². The second kappa shape index (κ2) is 8.03. The Morgan fingerprint density at radius 1 is 1.47 bits per heavy atom. The molecule has 2 rings (SSSR count). The Balaban J connectivity index is 1.62. The molecule has 3 heteroatoms. The third-order valence-corrected chi connectivity index (χ3v) is 4.92. The normalized spacial score (nSPS) is 25.4. The van der Waals surface area contributed by atoms with Crippen molar-refractivity contribution in [2.24, 2.45) is 5.92 Å². The van der Waals surface area contributed by atoms with Crippen LogP contribution in [-0.2, 0) is 11.3 Å². The van der Waals surface area contributed by atoms with Gasteiger partial charge in [-0.1, -0.05) is 32.3 Å². The van der Waals surface area contributed by atoms with Gasteiger partial charge in [-0.3, -0.25) is 0 Å². The summed E-state index contributed by atoms with van der Waals surface area (Å²) in [5, 5.41) is 5.62. The molecule has 0 radical (unpaired) electrons. The quantitative estimate of drug-likeness (QED) is 0.808. The van der Waals surface area contributed by atoms with E-state index in [0.29, 0.717) is 12.2 Å². The van der Waals surface area contributed by atoms with Crippen molar-refractivity contribution in [3.8, 4) is 0 Å². The average molecular weight is 281 g/mol. The van der Waals surface area contributed by atoms with E-state index < -0.39 is 0 Å². The Morgan fingerprint density at radius 3 is 3.11 bits per heavy atom. The van der Waals surface area contributed by atoms with Crippen LogP contribution in [0.4, 0.5) is 0 Å². The molecule has 108 valence electrons. The van der Waals surface area contributed by atoms with E-state index in [1.807, 2.05) is 11.3 Å². The van der Waals surface area contributed by atoms with Crippen LogP contribution in [0.2, 0.25) is 0 Å². The molecule has 1 aromatic heterocycles. The Hall–Kier alpha value is -0.380. The van der Waals surface area contributed by atoms with Crippen molar-refractivity contribution in [3.05, 3.63) is 22.4 Å². The highest BCUT2D eigenvalue weighted by Crippen LogP contribution is 2.28. The highest BCUT2D eigenvalue weighted by atomic mass is 32.1. The molecular weight excluding hydrogens is 254 g/mol. The van der Waals surface area contributed by atoms with Crippen LogP contribution in [0.15, 0.2) is 17.5 Å². The fourth-order valence-electron chi connectivity index (χ4n) is 2.92. The van der Waals surface area contributed by atoms with Crippen molar-refractivity contribution in [1.82, 2.24) is 5.32 Å². The summed E-state index contributed by atoms with van der Waals surface area (Å²) in [6, 6.07) is 4.28. The van der Waals surface area contributed by atoms with E-state index in [0.717, 1.165) is 19.0 Å². The number of thiophene rings is 1. The third-order valence-electron chi connectivity index (χ3n) is 4.05. The molecule has 0 amide bonds. The van der Waals surface area contributed by atoms with Gasteiger partial charge in [0.1, 0.15) is 0 Å². The van der Waals surface area contributed by atoms with Gasteiger partial charge in [-0.05, 0) is 37.1 Å². The molecule has 0 spiro atoms. The second-order valence-corrected chi connectivity index (χ2v) is 6.75. The molecule has 1 aliphatic carbocycles. The fraction of sp³-hybridized carbons (Fsp3) is 0.750. The number of nitrogens with one attached hydrogen (secondary N) is 1. The molecule has 1 aromatic rings. The number of hydrogen-bond donors (Lipinski definition) is 1. The van der Waals surface area contributed by atoms with Crippen LogP contribution in [0.1, 0.15) is 50.8 Å². The van der Waals surface area contributed by atoms with Gasteiger partial charge in [0.05, 0.1) is 12.2 Å². The Bertz CT molecular complexity index is 339. The summed E-state index contributed by atoms with van der Waals surface area (Å²) in [4.78, 5) is 1.40. The Kier molecular flexibility index (Phi) is 6.35. The minimum absolute atomic E-state index is 0.320. The van der Waals surface area contributed by atoms with Crippen LogP contribution in [0.3, 0.4) is 0 Å². The zero-order valence-electron chi connectivity index (χ0n) is 12.2. The van der Waals surface area contributed by atoms with Gasteiger partial charge < -0.3 is 10.1 Å². The highest BCUT2D eigenvalue weighted by Gasteiger charge is 2.22. The van der Waals surface area contributed by atoms with Crippen molar-refractivity contribution >= 4 is 11.3 Å². The van der Waals surface area contributed by atoms with Crippen LogP contribution in [-0.4, -0.2) is 18.8 Å². The van der Waals surface area contributed by atoms with Crippen molar-refractivity contribution in [2.45, 2.75) is 64.7 Å². The van der Waals surface area contributed by atoms with Gasteiger partial charge in [-0.25, -0.2) is 0 Å². The molecule has 3 unspecified atom stereocenters. The maximum Gasteiger partial charge on any atom is 0.0675 e. The molecule has 0 saturated heterocycles. The first-order valence-corrected chi connectivity index (χ1v) is 8.54. The topological polar surface area (TPSA) is 21.3 Å². The van der Waals surface area contributed by atoms with Crippen molar-refractivity contribution in [2.75, 3.05) is 6.54 Å². The van der Waals surface area contributed by atoms with Gasteiger partial charge in [0, 0.05) is 18.0 Å². The Labute approximate surface area is 121 Å². The van der Waals surface area contributed by atoms with Crippen LogP contribution >= 0.6 is 11.3 Å². The van der Waals surface area contributed by atoms with E-state index >= 15 is 0 Å². The fourth-order valence-corrected chi connectivity index (χ4v) is 3.60. The standard InChI is InChI=1S/C16H27NOS/c1-3-14-6-4-7-15(10-14)18-13(2)11-17-12-16-8-5-9-19-16/h5,8-9,13-15,17H,3-4,6-7,10-12H2,1-2H3. The summed E-state index contributed by atoms with van der Waals surface area (Å²) in [5.74, 6) is 0.894. The third kappa shape index (κ3) is 5.25. The molecule has 1 fully saturated rings. The van der Waals surface area contributed by atoms with Gasteiger partial charge in [0.2, 0.25) is 0 Å². The van der Waals surface area contributed by atoms with Crippen LogP contribution < -0.4 is 5.32 Å². The van der Waals surface area contributed by atoms with E-state index in [9.17, 15) is 0 Å². The van der Waals surface area contributed by atoms with Gasteiger partial charge in [0.25, 0.3) is 0 Å². The van der Waals surface area contributed by atoms with Gasteiger partial charge >= 0.3 is 0 Å². The molecule has 1 N–H and O–H groups in total. The monoisotopic (exact) mass is 281 g/mol. The van der Waals surface area contributed by atoms with E-state index in [1.165, 1.54) is 37.0 Å². The molecule has 1 aliphatic rings. The first-order valence-electron chi connectivity index (χ1n) is 7.66. The molecule has 19 heavy (non-hydrogen) atoms. The minimum atomic E-state index is 0.320. The lowest BCUT2D eigenvalue weighted by Crippen LogP contribution is -2.32. The first-order chi connectivity index (χ1) is 9.28. The number of ether oxygens (including phenoxy) is 1. The summed E-state index contributed by atoms with van der Waals surface area (Å²) >= 11 is 1.81. The van der Waals surface area contributed by atoms with Crippen molar-refractivity contribution in [3.63, 3.8) is 0 Å². The van der Waals surface area contributed by atoms with E-state index in [2.05, 4.69) is 36.7 Å². The predicted octanol–water partition coefficient (Wildman–Crippen LogP) is 4.21. The van der Waals surface area contributed by atoms with E-state index in [4.69, 9.17) is 4.74 Å². The summed E-state index contributed by atoms with van der Waals surface area (Å²) < 4.78 is 6.18. The number of rotatable bonds is 7. The lowest BCUT2D eigenvalue weighted by atomic mass is 9.85. The number of hydrogen-bond acceptors (Lipinski definition) is 3. The average Bonchev–Trinajstić information content (AvgIpc) is 2.92. The molecule has 3 atom stereocenters. The maximum atomic E-state index is 6.18. The van der Waals surface area contributed by atoms with Crippen molar-refractivity contribution in [1.29, 1.82) is 0 Å². The summed E-state index contributed by atoms with van der Waals surface area (Å²) in [6.45, 7) is 6.41. The maximum absolute atomic E-state index is 6.18. The summed E-state index contributed by atoms with van der Waals surface area (Å²) in [5.41, 5.74) is 0. The molecule has 2 nitrogen and oxygen atoms in total. The summed E-state index contributed by atoms with van der Waals surface area (Å²) in [7, 11) is 0. The van der Waals surface area contributed by atoms with Gasteiger partial charge in [-0.2, -0.15) is 0 Å². The molecule has 1 saturated carbocycles. The molecule has 0 bridgehead atoms. The van der Waals surface area contributed by atoms with Gasteiger partial charge in [0.15, 0.2) is 0 Å². The minimum Gasteiger partial charge on any atom is -0.374 e. The molecular formula is C16H27NOS. The van der Waals surface area contributed by atoms with E-state index in [1.54, 1.807) is 0 Å². The second-order valence-electron chi connectivity index (χ2n) is 5.72.